The zero-order valence-corrected chi connectivity index (χ0v) is 15.0. The number of carbonyl (C=O) groups is 1. The van der Waals surface area contributed by atoms with Gasteiger partial charge < -0.3 is 14.6 Å². The molecule has 0 aliphatic heterocycles. The van der Waals surface area contributed by atoms with Crippen LogP contribution in [0.1, 0.15) is 27.3 Å². The predicted octanol–water partition coefficient (Wildman–Crippen LogP) is 2.77. The van der Waals surface area contributed by atoms with E-state index < -0.39 is 0 Å². The zero-order valence-electron chi connectivity index (χ0n) is 15.0. The third kappa shape index (κ3) is 4.27. The van der Waals surface area contributed by atoms with Gasteiger partial charge in [-0.2, -0.15) is 0 Å². The molecule has 3 rings (SSSR count). The Bertz CT molecular complexity index is 875. The Morgan fingerprint density at radius 1 is 1.19 bits per heavy atom. The van der Waals surface area contributed by atoms with E-state index in [0.717, 1.165) is 24.4 Å². The van der Waals surface area contributed by atoms with Crippen LogP contribution in [0.4, 0.5) is 0 Å². The van der Waals surface area contributed by atoms with Crippen molar-refractivity contribution >= 4 is 5.91 Å². The van der Waals surface area contributed by atoms with Crippen molar-refractivity contribution in [3.8, 4) is 5.75 Å². The molecule has 1 aromatic heterocycles. The highest BCUT2D eigenvalue weighted by Crippen LogP contribution is 2.19. The monoisotopic (exact) mass is 350 g/mol. The van der Waals surface area contributed by atoms with Gasteiger partial charge in [-0.1, -0.05) is 42.0 Å². The summed E-state index contributed by atoms with van der Waals surface area (Å²) >= 11 is 0. The molecule has 1 N–H and O–H groups in total. The van der Waals surface area contributed by atoms with Crippen molar-refractivity contribution in [1.82, 2.24) is 20.1 Å². The summed E-state index contributed by atoms with van der Waals surface area (Å²) in [4.78, 5) is 12.5. The van der Waals surface area contributed by atoms with Crippen LogP contribution in [0, 0.1) is 6.92 Å². The number of ether oxygens (including phenoxy) is 1. The van der Waals surface area contributed by atoms with Crippen molar-refractivity contribution in [3.63, 3.8) is 0 Å². The molecule has 0 aliphatic rings. The number of amides is 1. The molecule has 3 aromatic rings. The minimum Gasteiger partial charge on any atom is -0.496 e. The van der Waals surface area contributed by atoms with Crippen molar-refractivity contribution in [1.29, 1.82) is 0 Å². The van der Waals surface area contributed by atoms with Crippen LogP contribution in [-0.2, 0) is 19.5 Å². The molecular weight excluding hydrogens is 328 g/mol. The zero-order chi connectivity index (χ0) is 18.4. The topological polar surface area (TPSA) is 69.0 Å². The summed E-state index contributed by atoms with van der Waals surface area (Å²) in [7, 11) is 1.56. The number of nitrogens with one attached hydrogen (secondary N) is 1. The van der Waals surface area contributed by atoms with Crippen LogP contribution in [0.5, 0.6) is 5.75 Å². The first-order chi connectivity index (χ1) is 12.7. The number of hydrogen-bond donors (Lipinski definition) is 1. The van der Waals surface area contributed by atoms with Gasteiger partial charge >= 0.3 is 0 Å². The highest BCUT2D eigenvalue weighted by atomic mass is 16.5. The van der Waals surface area contributed by atoms with Crippen LogP contribution in [0.25, 0.3) is 0 Å². The standard InChI is InChI=1S/C20H22N4O2/c1-15-8-9-18(26-2)17(12-15)20(25)21-13-19-23-22-14-24(19)11-10-16-6-4-3-5-7-16/h3-9,12,14H,10-11,13H2,1-2H3,(H,21,25). The van der Waals surface area contributed by atoms with Crippen LogP contribution in [0.3, 0.4) is 0 Å². The van der Waals surface area contributed by atoms with E-state index >= 15 is 0 Å². The molecule has 134 valence electrons. The third-order valence-electron chi connectivity index (χ3n) is 4.19. The van der Waals surface area contributed by atoms with Gasteiger partial charge in [-0.15, -0.1) is 10.2 Å². The average Bonchev–Trinajstić information content (AvgIpc) is 3.12. The Kier molecular flexibility index (Phi) is 5.63. The van der Waals surface area contributed by atoms with E-state index in [2.05, 4.69) is 27.6 Å². The fourth-order valence-corrected chi connectivity index (χ4v) is 2.75. The first-order valence-corrected chi connectivity index (χ1v) is 8.51. The van der Waals surface area contributed by atoms with Gasteiger partial charge in [0.1, 0.15) is 12.1 Å². The Morgan fingerprint density at radius 2 is 2.00 bits per heavy atom. The molecule has 0 radical (unpaired) electrons. The second-order valence-electron chi connectivity index (χ2n) is 6.06. The Balaban J connectivity index is 1.63. The molecular formula is C20H22N4O2. The minimum atomic E-state index is -0.192. The number of rotatable bonds is 7. The number of hydrogen-bond acceptors (Lipinski definition) is 4. The molecule has 0 spiro atoms. The van der Waals surface area contributed by atoms with Crippen LogP contribution < -0.4 is 10.1 Å². The molecule has 0 saturated heterocycles. The lowest BCUT2D eigenvalue weighted by Gasteiger charge is -2.11. The summed E-state index contributed by atoms with van der Waals surface area (Å²) in [6.07, 6.45) is 2.57. The van der Waals surface area contributed by atoms with E-state index in [9.17, 15) is 4.79 Å². The van der Waals surface area contributed by atoms with Crippen molar-refractivity contribution < 1.29 is 9.53 Å². The number of aryl methyl sites for hydroxylation is 3. The van der Waals surface area contributed by atoms with Crippen LogP contribution in [0.2, 0.25) is 0 Å². The lowest BCUT2D eigenvalue weighted by Crippen LogP contribution is -2.25. The molecule has 0 bridgehead atoms. The molecule has 0 fully saturated rings. The molecule has 2 aromatic carbocycles. The smallest absolute Gasteiger partial charge is 0.255 e. The van der Waals surface area contributed by atoms with Gasteiger partial charge in [0.05, 0.1) is 19.2 Å². The second-order valence-corrected chi connectivity index (χ2v) is 6.06. The molecule has 0 atom stereocenters. The van der Waals surface area contributed by atoms with Crippen molar-refractivity contribution in [2.75, 3.05) is 7.11 Å². The van der Waals surface area contributed by atoms with Gasteiger partial charge in [-0.05, 0) is 31.0 Å². The average molecular weight is 350 g/mol. The maximum Gasteiger partial charge on any atom is 0.255 e. The Morgan fingerprint density at radius 3 is 2.77 bits per heavy atom. The summed E-state index contributed by atoms with van der Waals surface area (Å²) in [6, 6.07) is 15.8. The number of methoxy groups -OCH3 is 1. The summed E-state index contributed by atoms with van der Waals surface area (Å²) in [5.41, 5.74) is 2.77. The highest BCUT2D eigenvalue weighted by Gasteiger charge is 2.13. The first-order valence-electron chi connectivity index (χ1n) is 8.51. The molecule has 0 saturated carbocycles. The molecule has 6 heteroatoms. The molecule has 26 heavy (non-hydrogen) atoms. The molecule has 6 nitrogen and oxygen atoms in total. The summed E-state index contributed by atoms with van der Waals surface area (Å²) in [6.45, 7) is 3.01. The van der Waals surface area contributed by atoms with Crippen LogP contribution in [-0.4, -0.2) is 27.8 Å². The van der Waals surface area contributed by atoms with Gasteiger partial charge in [0.15, 0.2) is 5.82 Å². The van der Waals surface area contributed by atoms with E-state index in [-0.39, 0.29) is 5.91 Å². The quantitative estimate of drug-likeness (QED) is 0.711. The number of carbonyl (C=O) groups excluding carboxylic acids is 1. The normalized spacial score (nSPS) is 10.5. The highest BCUT2D eigenvalue weighted by molar-refractivity contribution is 5.97. The summed E-state index contributed by atoms with van der Waals surface area (Å²) < 4.78 is 7.23. The third-order valence-corrected chi connectivity index (χ3v) is 4.19. The number of nitrogens with zero attached hydrogens (tertiary/aromatic N) is 3. The van der Waals surface area contributed by atoms with Crippen molar-refractivity contribution in [2.45, 2.75) is 26.4 Å². The largest absolute Gasteiger partial charge is 0.496 e. The van der Waals surface area contributed by atoms with Gasteiger partial charge in [-0.25, -0.2) is 0 Å². The molecule has 0 unspecified atom stereocenters. The lowest BCUT2D eigenvalue weighted by atomic mass is 10.1. The van der Waals surface area contributed by atoms with Crippen molar-refractivity contribution in [2.24, 2.45) is 0 Å². The first kappa shape index (κ1) is 17.7. The molecule has 1 heterocycles. The van der Waals surface area contributed by atoms with Crippen LogP contribution in [0.15, 0.2) is 54.9 Å². The van der Waals surface area contributed by atoms with Crippen LogP contribution >= 0.6 is 0 Å². The van der Waals surface area contributed by atoms with Gasteiger partial charge in [0.2, 0.25) is 0 Å². The fraction of sp³-hybridized carbons (Fsp3) is 0.250. The Hall–Kier alpha value is -3.15. The lowest BCUT2D eigenvalue weighted by molar-refractivity contribution is 0.0946. The van der Waals surface area contributed by atoms with E-state index in [1.165, 1.54) is 5.56 Å². The van der Waals surface area contributed by atoms with E-state index in [0.29, 0.717) is 17.9 Å². The van der Waals surface area contributed by atoms with Gasteiger partial charge in [-0.3, -0.25) is 4.79 Å². The number of aromatic nitrogens is 3. The van der Waals surface area contributed by atoms with Gasteiger partial charge in [0.25, 0.3) is 5.91 Å². The summed E-state index contributed by atoms with van der Waals surface area (Å²) in [5, 5.41) is 11.0. The number of benzene rings is 2. The molecule has 1 amide bonds. The summed E-state index contributed by atoms with van der Waals surface area (Å²) in [5.74, 6) is 1.09. The van der Waals surface area contributed by atoms with Crippen molar-refractivity contribution in [3.05, 3.63) is 77.4 Å². The van der Waals surface area contributed by atoms with Gasteiger partial charge in [0, 0.05) is 6.54 Å². The second kappa shape index (κ2) is 8.29. The Labute approximate surface area is 152 Å². The SMILES string of the molecule is COc1ccc(C)cc1C(=O)NCc1nncn1CCc1ccccc1. The van der Waals surface area contributed by atoms with E-state index in [1.54, 1.807) is 19.5 Å². The molecule has 0 aliphatic carbocycles. The fourth-order valence-electron chi connectivity index (χ4n) is 2.75. The maximum absolute atomic E-state index is 12.5. The van der Waals surface area contributed by atoms with E-state index in [1.807, 2.05) is 41.8 Å². The maximum atomic E-state index is 12.5. The minimum absolute atomic E-state index is 0.192. The van der Waals surface area contributed by atoms with E-state index in [4.69, 9.17) is 4.74 Å². The predicted molar refractivity (Wildman–Crippen MR) is 99.1 cm³/mol.